The van der Waals surface area contributed by atoms with Crippen LogP contribution in [-0.2, 0) is 26.0 Å². The molecule has 1 heterocycles. The lowest BCUT2D eigenvalue weighted by Crippen LogP contribution is -2.52. The Morgan fingerprint density at radius 1 is 1.00 bits per heavy atom. The van der Waals surface area contributed by atoms with Crippen molar-refractivity contribution < 1.29 is 18.0 Å². The number of carbonyl (C=O) groups is 2. The molecule has 144 valence electrons. The van der Waals surface area contributed by atoms with E-state index in [9.17, 15) is 18.0 Å². The average molecular weight is 389 g/mol. The standard InChI is InChI=1S/C19H23N3O4S/c1-27(25,26)22-11-9-21(10-12-22)19(24)14-20-18(23)13-16-7-4-6-15-5-2-3-8-17(15)16/h2-8H,9-14H2,1H3,(H,20,23). The summed E-state index contributed by atoms with van der Waals surface area (Å²) in [6.07, 6.45) is 1.37. The smallest absolute Gasteiger partial charge is 0.242 e. The van der Waals surface area contributed by atoms with E-state index >= 15 is 0 Å². The molecule has 2 aromatic rings. The van der Waals surface area contributed by atoms with Crippen molar-refractivity contribution in [1.29, 1.82) is 0 Å². The molecule has 3 rings (SSSR count). The van der Waals surface area contributed by atoms with Crippen LogP contribution in [0.4, 0.5) is 0 Å². The van der Waals surface area contributed by atoms with E-state index in [0.29, 0.717) is 13.1 Å². The molecule has 1 aliphatic heterocycles. The van der Waals surface area contributed by atoms with Crippen LogP contribution in [0.3, 0.4) is 0 Å². The van der Waals surface area contributed by atoms with Crippen LogP contribution in [0.5, 0.6) is 0 Å². The molecule has 1 saturated heterocycles. The van der Waals surface area contributed by atoms with E-state index in [1.54, 1.807) is 4.90 Å². The molecule has 7 nitrogen and oxygen atoms in total. The van der Waals surface area contributed by atoms with Gasteiger partial charge in [-0.2, -0.15) is 4.31 Å². The molecule has 0 aliphatic carbocycles. The first-order valence-corrected chi connectivity index (χ1v) is 10.7. The van der Waals surface area contributed by atoms with Crippen molar-refractivity contribution >= 4 is 32.6 Å². The molecule has 2 aromatic carbocycles. The van der Waals surface area contributed by atoms with Gasteiger partial charge in [0.15, 0.2) is 0 Å². The van der Waals surface area contributed by atoms with Gasteiger partial charge in [-0.1, -0.05) is 42.5 Å². The molecule has 0 spiro atoms. The highest BCUT2D eigenvalue weighted by molar-refractivity contribution is 7.88. The molecule has 27 heavy (non-hydrogen) atoms. The van der Waals surface area contributed by atoms with Crippen LogP contribution in [0, 0.1) is 0 Å². The Balaban J connectivity index is 1.51. The van der Waals surface area contributed by atoms with Gasteiger partial charge in [-0.25, -0.2) is 8.42 Å². The summed E-state index contributed by atoms with van der Waals surface area (Å²) in [5.74, 6) is -0.413. The zero-order valence-electron chi connectivity index (χ0n) is 15.2. The SMILES string of the molecule is CS(=O)(=O)N1CCN(C(=O)CNC(=O)Cc2cccc3ccccc23)CC1. The summed E-state index contributed by atoms with van der Waals surface area (Å²) in [6.45, 7) is 1.17. The van der Waals surface area contributed by atoms with Gasteiger partial charge in [0.05, 0.1) is 19.2 Å². The lowest BCUT2D eigenvalue weighted by atomic mass is 10.0. The number of carbonyl (C=O) groups excluding carboxylic acids is 2. The number of fused-ring (bicyclic) bond motifs is 1. The molecule has 0 unspecified atom stereocenters. The highest BCUT2D eigenvalue weighted by Gasteiger charge is 2.26. The molecular weight excluding hydrogens is 366 g/mol. The van der Waals surface area contributed by atoms with E-state index in [-0.39, 0.29) is 37.9 Å². The molecular formula is C19H23N3O4S. The molecule has 2 amide bonds. The molecule has 1 N–H and O–H groups in total. The zero-order valence-corrected chi connectivity index (χ0v) is 16.0. The summed E-state index contributed by atoms with van der Waals surface area (Å²) in [4.78, 5) is 26.1. The normalized spacial score (nSPS) is 15.7. The van der Waals surface area contributed by atoms with Crippen LogP contribution in [0.25, 0.3) is 10.8 Å². The number of piperazine rings is 1. The second kappa shape index (κ2) is 8.06. The second-order valence-corrected chi connectivity index (χ2v) is 8.62. The van der Waals surface area contributed by atoms with Gasteiger partial charge in [0.1, 0.15) is 0 Å². The summed E-state index contributed by atoms with van der Waals surface area (Å²) in [6, 6.07) is 13.7. The quantitative estimate of drug-likeness (QED) is 0.811. The fourth-order valence-electron chi connectivity index (χ4n) is 3.24. The van der Waals surface area contributed by atoms with E-state index in [0.717, 1.165) is 22.6 Å². The van der Waals surface area contributed by atoms with Gasteiger partial charge in [-0.15, -0.1) is 0 Å². The number of nitrogens with zero attached hydrogens (tertiary/aromatic N) is 2. The maximum absolute atomic E-state index is 12.3. The van der Waals surface area contributed by atoms with Crippen molar-refractivity contribution in [2.75, 3.05) is 39.0 Å². The van der Waals surface area contributed by atoms with Gasteiger partial charge in [-0.3, -0.25) is 9.59 Å². The fraction of sp³-hybridized carbons (Fsp3) is 0.368. The zero-order chi connectivity index (χ0) is 19.4. The molecule has 0 radical (unpaired) electrons. The Bertz CT molecular complexity index is 945. The lowest BCUT2D eigenvalue weighted by Gasteiger charge is -2.33. The van der Waals surface area contributed by atoms with Crippen molar-refractivity contribution in [3.8, 4) is 0 Å². The monoisotopic (exact) mass is 389 g/mol. The molecule has 0 saturated carbocycles. The minimum absolute atomic E-state index is 0.0809. The molecule has 0 atom stereocenters. The van der Waals surface area contributed by atoms with Gasteiger partial charge in [0.2, 0.25) is 21.8 Å². The molecule has 8 heteroatoms. The Labute approximate surface area is 159 Å². The van der Waals surface area contributed by atoms with Gasteiger partial charge in [-0.05, 0) is 16.3 Å². The van der Waals surface area contributed by atoms with E-state index < -0.39 is 10.0 Å². The third kappa shape index (κ3) is 4.84. The molecule has 1 aliphatic rings. The summed E-state index contributed by atoms with van der Waals surface area (Å²) in [5.41, 5.74) is 0.916. The predicted octanol–water partition coefficient (Wildman–Crippen LogP) is 0.602. The van der Waals surface area contributed by atoms with E-state index in [4.69, 9.17) is 0 Å². The average Bonchev–Trinajstić information content (AvgIpc) is 2.66. The van der Waals surface area contributed by atoms with E-state index in [1.807, 2.05) is 42.5 Å². The summed E-state index contributed by atoms with van der Waals surface area (Å²) < 4.78 is 24.4. The molecule has 1 fully saturated rings. The number of nitrogens with one attached hydrogen (secondary N) is 1. The largest absolute Gasteiger partial charge is 0.347 e. The van der Waals surface area contributed by atoms with Gasteiger partial charge >= 0.3 is 0 Å². The minimum Gasteiger partial charge on any atom is -0.347 e. The number of amides is 2. The third-order valence-electron chi connectivity index (χ3n) is 4.73. The maximum Gasteiger partial charge on any atom is 0.242 e. The van der Waals surface area contributed by atoms with Crippen LogP contribution in [0.15, 0.2) is 42.5 Å². The maximum atomic E-state index is 12.3. The fourth-order valence-corrected chi connectivity index (χ4v) is 4.06. The highest BCUT2D eigenvalue weighted by atomic mass is 32.2. The van der Waals surface area contributed by atoms with Crippen LogP contribution >= 0.6 is 0 Å². The number of hydrogen-bond donors (Lipinski definition) is 1. The van der Waals surface area contributed by atoms with Crippen LogP contribution in [0.2, 0.25) is 0 Å². The van der Waals surface area contributed by atoms with Crippen molar-refractivity contribution in [3.63, 3.8) is 0 Å². The number of sulfonamides is 1. The van der Waals surface area contributed by atoms with Crippen molar-refractivity contribution in [1.82, 2.24) is 14.5 Å². The van der Waals surface area contributed by atoms with Crippen LogP contribution in [0.1, 0.15) is 5.56 Å². The number of hydrogen-bond acceptors (Lipinski definition) is 4. The predicted molar refractivity (Wildman–Crippen MR) is 104 cm³/mol. The van der Waals surface area contributed by atoms with Crippen molar-refractivity contribution in [3.05, 3.63) is 48.0 Å². The number of benzene rings is 2. The van der Waals surface area contributed by atoms with E-state index in [2.05, 4.69) is 5.32 Å². The summed E-state index contributed by atoms with van der Waals surface area (Å²) >= 11 is 0. The van der Waals surface area contributed by atoms with Crippen LogP contribution in [-0.4, -0.2) is 68.4 Å². The van der Waals surface area contributed by atoms with Crippen LogP contribution < -0.4 is 5.32 Å². The minimum atomic E-state index is -3.23. The van der Waals surface area contributed by atoms with Crippen molar-refractivity contribution in [2.45, 2.75) is 6.42 Å². The van der Waals surface area contributed by atoms with Gasteiger partial charge < -0.3 is 10.2 Å². The first kappa shape index (κ1) is 19.3. The Kier molecular flexibility index (Phi) is 5.76. The third-order valence-corrected chi connectivity index (χ3v) is 6.03. The number of rotatable bonds is 5. The summed E-state index contributed by atoms with van der Waals surface area (Å²) in [7, 11) is -3.23. The lowest BCUT2D eigenvalue weighted by molar-refractivity contribution is -0.133. The molecule has 0 bridgehead atoms. The van der Waals surface area contributed by atoms with Gasteiger partial charge in [0, 0.05) is 26.2 Å². The summed E-state index contributed by atoms with van der Waals surface area (Å²) in [5, 5.41) is 4.77. The first-order chi connectivity index (χ1) is 12.8. The van der Waals surface area contributed by atoms with Gasteiger partial charge in [0.25, 0.3) is 0 Å². The molecule has 0 aromatic heterocycles. The highest BCUT2D eigenvalue weighted by Crippen LogP contribution is 2.18. The topological polar surface area (TPSA) is 86.8 Å². The second-order valence-electron chi connectivity index (χ2n) is 6.63. The Hall–Kier alpha value is -2.45. The first-order valence-electron chi connectivity index (χ1n) is 8.81. The van der Waals surface area contributed by atoms with Crippen molar-refractivity contribution in [2.24, 2.45) is 0 Å². The van der Waals surface area contributed by atoms with E-state index in [1.165, 1.54) is 4.31 Å². The Morgan fingerprint density at radius 3 is 2.37 bits per heavy atom. The Morgan fingerprint density at radius 2 is 1.67 bits per heavy atom.